The maximum atomic E-state index is 2.52. The summed E-state index contributed by atoms with van der Waals surface area (Å²) < 4.78 is 0. The van der Waals surface area contributed by atoms with Gasteiger partial charge in [-0.3, -0.25) is 0 Å². The molecule has 0 aromatic heterocycles. The minimum atomic E-state index is 0.902. The van der Waals surface area contributed by atoms with E-state index in [1.165, 1.54) is 18.8 Å². The molecule has 0 spiro atoms. The molecule has 0 N–H and O–H groups in total. The zero-order valence-corrected chi connectivity index (χ0v) is 8.21. The van der Waals surface area contributed by atoms with Gasteiger partial charge in [0, 0.05) is 0 Å². The van der Waals surface area contributed by atoms with Crippen molar-refractivity contribution in [1.29, 1.82) is 0 Å². The zero-order chi connectivity index (χ0) is 8.47. The first-order valence-electron chi connectivity index (χ1n) is 6.07. The predicted molar refractivity (Wildman–Crippen MR) is 53.2 cm³/mol. The highest BCUT2D eigenvalue weighted by atomic mass is 14.7. The average Bonchev–Trinajstić information content (AvgIpc) is 2.69. The number of hydrogen-bond donors (Lipinski definition) is 0. The van der Waals surface area contributed by atoms with Crippen molar-refractivity contribution in [1.82, 2.24) is 0 Å². The van der Waals surface area contributed by atoms with Crippen molar-refractivity contribution in [2.24, 2.45) is 29.1 Å². The van der Waals surface area contributed by atoms with Gasteiger partial charge in [0.05, 0.1) is 0 Å². The third-order valence-corrected chi connectivity index (χ3v) is 5.53. The van der Waals surface area contributed by atoms with Crippen LogP contribution in [0, 0.1) is 29.1 Å². The molecule has 2 bridgehead atoms. The maximum Gasteiger partial charge on any atom is -0.0139 e. The summed E-state index contributed by atoms with van der Waals surface area (Å²) >= 11 is 0. The molecule has 0 saturated heterocycles. The van der Waals surface area contributed by atoms with Crippen LogP contribution in [-0.2, 0) is 0 Å². The van der Waals surface area contributed by atoms with Crippen LogP contribution in [0.15, 0.2) is 12.2 Å². The molecule has 3 saturated carbocycles. The van der Waals surface area contributed by atoms with Crippen LogP contribution >= 0.6 is 0 Å². The molecule has 3 fully saturated rings. The van der Waals surface area contributed by atoms with Gasteiger partial charge in [0.25, 0.3) is 0 Å². The topological polar surface area (TPSA) is 0 Å². The molecule has 0 aromatic carbocycles. The lowest BCUT2D eigenvalue weighted by atomic mass is 9.69. The molecule has 4 aliphatic carbocycles. The largest absolute Gasteiger partial charge is 0.0845 e. The number of rotatable bonds is 0. The summed E-state index contributed by atoms with van der Waals surface area (Å²) in [4.78, 5) is 0. The molecule has 13 heavy (non-hydrogen) atoms. The van der Waals surface area contributed by atoms with Gasteiger partial charge in [-0.25, -0.2) is 0 Å². The van der Waals surface area contributed by atoms with Gasteiger partial charge in [-0.15, -0.1) is 0 Å². The molecule has 0 heteroatoms. The van der Waals surface area contributed by atoms with E-state index in [2.05, 4.69) is 12.2 Å². The van der Waals surface area contributed by atoms with Crippen LogP contribution in [0.1, 0.15) is 38.5 Å². The van der Waals surface area contributed by atoms with Crippen LogP contribution in [0.5, 0.6) is 0 Å². The summed E-state index contributed by atoms with van der Waals surface area (Å²) in [5.41, 5.74) is 0.902. The number of hydrogen-bond acceptors (Lipinski definition) is 0. The summed E-state index contributed by atoms with van der Waals surface area (Å²) in [5, 5.41) is 0. The van der Waals surface area contributed by atoms with Crippen LogP contribution in [0.2, 0.25) is 0 Å². The standard InChI is InChI=1S/C13H18/c1-2-9-3-4-10(9)11-5-7-13(6-1)8-12(11)13/h3-4,9-12H,1-2,5-8H2. The van der Waals surface area contributed by atoms with E-state index in [1.807, 2.05) is 0 Å². The minimum Gasteiger partial charge on any atom is -0.0845 e. The molecule has 0 amide bonds. The second-order valence-electron chi connectivity index (χ2n) is 5.89. The first-order chi connectivity index (χ1) is 6.39. The highest BCUT2D eigenvalue weighted by Gasteiger charge is 2.63. The monoisotopic (exact) mass is 174 g/mol. The predicted octanol–water partition coefficient (Wildman–Crippen LogP) is 3.39. The van der Waals surface area contributed by atoms with Gasteiger partial charge in [-0.05, 0) is 61.2 Å². The van der Waals surface area contributed by atoms with Crippen molar-refractivity contribution < 1.29 is 0 Å². The second-order valence-corrected chi connectivity index (χ2v) is 5.89. The van der Waals surface area contributed by atoms with Crippen molar-refractivity contribution in [2.75, 3.05) is 0 Å². The van der Waals surface area contributed by atoms with Crippen molar-refractivity contribution in [2.45, 2.75) is 38.5 Å². The zero-order valence-electron chi connectivity index (χ0n) is 8.21. The Morgan fingerprint density at radius 1 is 1.08 bits per heavy atom. The number of allylic oxidation sites excluding steroid dienone is 2. The molecule has 70 valence electrons. The molecule has 4 aliphatic rings. The molecule has 0 aromatic rings. The Morgan fingerprint density at radius 2 is 2.08 bits per heavy atom. The van der Waals surface area contributed by atoms with Gasteiger partial charge in [-0.1, -0.05) is 18.6 Å². The highest BCUT2D eigenvalue weighted by molar-refractivity contribution is 5.20. The molecule has 0 heterocycles. The molecule has 0 nitrogen and oxygen atoms in total. The van der Waals surface area contributed by atoms with E-state index >= 15 is 0 Å². The summed E-state index contributed by atoms with van der Waals surface area (Å²) in [5.74, 6) is 4.32. The van der Waals surface area contributed by atoms with Crippen molar-refractivity contribution in [3.63, 3.8) is 0 Å². The molecule has 5 atom stereocenters. The van der Waals surface area contributed by atoms with Gasteiger partial charge in [0.2, 0.25) is 0 Å². The third-order valence-electron chi connectivity index (χ3n) is 5.53. The summed E-state index contributed by atoms with van der Waals surface area (Å²) in [6.45, 7) is 0. The minimum absolute atomic E-state index is 0.902. The van der Waals surface area contributed by atoms with Crippen LogP contribution in [0.25, 0.3) is 0 Å². The molecule has 4 rings (SSSR count). The summed E-state index contributed by atoms with van der Waals surface area (Å²) in [6.07, 6.45) is 14.4. The van der Waals surface area contributed by atoms with Gasteiger partial charge in [0.1, 0.15) is 0 Å². The Balaban J connectivity index is 1.71. The van der Waals surface area contributed by atoms with E-state index in [-0.39, 0.29) is 0 Å². The van der Waals surface area contributed by atoms with Crippen molar-refractivity contribution in [3.8, 4) is 0 Å². The van der Waals surface area contributed by atoms with Gasteiger partial charge < -0.3 is 0 Å². The van der Waals surface area contributed by atoms with E-state index in [0.29, 0.717) is 0 Å². The van der Waals surface area contributed by atoms with E-state index in [1.54, 1.807) is 25.7 Å². The van der Waals surface area contributed by atoms with E-state index in [9.17, 15) is 0 Å². The van der Waals surface area contributed by atoms with Crippen LogP contribution in [0.4, 0.5) is 0 Å². The summed E-state index contributed by atoms with van der Waals surface area (Å²) in [7, 11) is 0. The Hall–Kier alpha value is -0.260. The second kappa shape index (κ2) is 2.04. The van der Waals surface area contributed by atoms with Crippen molar-refractivity contribution >= 4 is 0 Å². The molecular formula is C13H18. The van der Waals surface area contributed by atoms with Gasteiger partial charge in [0.15, 0.2) is 0 Å². The SMILES string of the molecule is C1=CC2C1CCCC13CCC2C1C3. The highest BCUT2D eigenvalue weighted by Crippen LogP contribution is 2.72. The van der Waals surface area contributed by atoms with Crippen LogP contribution < -0.4 is 0 Å². The fourth-order valence-electron chi connectivity index (χ4n) is 4.64. The maximum absolute atomic E-state index is 2.52. The molecule has 0 aliphatic heterocycles. The normalized spacial score (nSPS) is 61.5. The Kier molecular flexibility index (Phi) is 1.11. The Bertz CT molecular complexity index is 278. The fraction of sp³-hybridized carbons (Fsp3) is 0.846. The third kappa shape index (κ3) is 0.742. The van der Waals surface area contributed by atoms with Crippen molar-refractivity contribution in [3.05, 3.63) is 12.2 Å². The number of fused-ring (bicyclic) bond motifs is 2. The lowest BCUT2D eigenvalue weighted by Crippen LogP contribution is -2.28. The quantitative estimate of drug-likeness (QED) is 0.494. The molecular weight excluding hydrogens is 156 g/mol. The van der Waals surface area contributed by atoms with E-state index < -0.39 is 0 Å². The fourth-order valence-corrected chi connectivity index (χ4v) is 4.64. The lowest BCUT2D eigenvalue weighted by Gasteiger charge is -2.36. The smallest absolute Gasteiger partial charge is 0.0139 e. The Morgan fingerprint density at radius 3 is 2.85 bits per heavy atom. The average molecular weight is 174 g/mol. The van der Waals surface area contributed by atoms with Crippen LogP contribution in [-0.4, -0.2) is 0 Å². The van der Waals surface area contributed by atoms with Gasteiger partial charge in [-0.2, -0.15) is 0 Å². The Labute approximate surface area is 80.4 Å². The lowest BCUT2D eigenvalue weighted by molar-refractivity contribution is 0.234. The van der Waals surface area contributed by atoms with Gasteiger partial charge >= 0.3 is 0 Å². The van der Waals surface area contributed by atoms with E-state index in [4.69, 9.17) is 0 Å². The summed E-state index contributed by atoms with van der Waals surface area (Å²) in [6, 6.07) is 0. The molecule has 0 radical (unpaired) electrons. The van der Waals surface area contributed by atoms with E-state index in [0.717, 1.165) is 23.2 Å². The molecule has 5 unspecified atom stereocenters. The van der Waals surface area contributed by atoms with Crippen LogP contribution in [0.3, 0.4) is 0 Å². The first kappa shape index (κ1) is 7.09. The first-order valence-corrected chi connectivity index (χ1v) is 6.07.